The van der Waals surface area contributed by atoms with Gasteiger partial charge in [-0.2, -0.15) is 0 Å². The molecule has 5 nitrogen and oxygen atoms in total. The normalized spacial score (nSPS) is 45.6. The molecule has 1 aromatic carbocycles. The van der Waals surface area contributed by atoms with E-state index in [2.05, 4.69) is 81.0 Å². The molecule has 10 atom stereocenters. The molecular weight excluding hydrogens is 620 g/mol. The molecule has 0 aromatic heterocycles. The first-order valence-corrected chi connectivity index (χ1v) is 19.6. The molecule has 4 fully saturated rings. The van der Waals surface area contributed by atoms with Gasteiger partial charge in [-0.1, -0.05) is 52.8 Å². The number of ketones is 1. The van der Waals surface area contributed by atoms with Crippen LogP contribution in [0.15, 0.2) is 41.5 Å². The van der Waals surface area contributed by atoms with E-state index in [0.717, 1.165) is 98.8 Å². The van der Waals surface area contributed by atoms with Crippen LogP contribution in [0, 0.1) is 46.3 Å². The minimum atomic E-state index is -0.559. The van der Waals surface area contributed by atoms with E-state index in [0.29, 0.717) is 11.8 Å². The molecule has 270 valence electrons. The summed E-state index contributed by atoms with van der Waals surface area (Å²) in [5.74, 6) is 2.61. The number of carbonyl (C=O) groups is 2. The third-order valence-corrected chi connectivity index (χ3v) is 17.2. The van der Waals surface area contributed by atoms with Crippen LogP contribution in [0.4, 0.5) is 0 Å². The van der Waals surface area contributed by atoms with Gasteiger partial charge in [-0.05, 0) is 142 Å². The topological polar surface area (TPSA) is 61.8 Å². The SMILES string of the molecule is C=C(C)C1CCC(C)[C@@]23CC=C(C)[C@]2(C1)Oc1cc2c(c(C)c1O3)C(=O)C=C1[C@@]2(C)CC[C@@]2(C)C3C[C@](C)(C(=O)OC)CC[C@]3(C)CC[C@]12C. The van der Waals surface area contributed by atoms with E-state index in [1.54, 1.807) is 0 Å². The Morgan fingerprint density at radius 1 is 0.960 bits per heavy atom. The van der Waals surface area contributed by atoms with Gasteiger partial charge >= 0.3 is 5.97 Å². The third-order valence-electron chi connectivity index (χ3n) is 17.2. The Balaban J connectivity index is 1.24. The highest BCUT2D eigenvalue weighted by Crippen LogP contribution is 2.75. The lowest BCUT2D eigenvalue weighted by molar-refractivity contribution is -0.179. The average molecular weight is 681 g/mol. The van der Waals surface area contributed by atoms with Crippen LogP contribution in [0.5, 0.6) is 11.5 Å². The molecular formula is C45H60O5. The summed E-state index contributed by atoms with van der Waals surface area (Å²) in [5.41, 5.74) is 4.72. The molecule has 0 spiro atoms. The van der Waals surface area contributed by atoms with E-state index in [-0.39, 0.29) is 39.3 Å². The fourth-order valence-corrected chi connectivity index (χ4v) is 13.4. The molecule has 7 aliphatic rings. The van der Waals surface area contributed by atoms with Gasteiger partial charge in [0.25, 0.3) is 0 Å². The molecule has 8 rings (SSSR count). The van der Waals surface area contributed by atoms with E-state index in [9.17, 15) is 9.59 Å². The minimum absolute atomic E-state index is 0.0555. The third kappa shape index (κ3) is 3.96. The van der Waals surface area contributed by atoms with Crippen LogP contribution in [0.3, 0.4) is 0 Å². The summed E-state index contributed by atoms with van der Waals surface area (Å²) in [6.45, 7) is 25.2. The van der Waals surface area contributed by atoms with Crippen molar-refractivity contribution in [3.63, 3.8) is 0 Å². The van der Waals surface area contributed by atoms with E-state index in [1.165, 1.54) is 23.8 Å². The maximum atomic E-state index is 14.6. The van der Waals surface area contributed by atoms with E-state index >= 15 is 0 Å². The van der Waals surface area contributed by atoms with Crippen molar-refractivity contribution in [2.24, 2.45) is 39.4 Å². The van der Waals surface area contributed by atoms with Crippen LogP contribution < -0.4 is 9.47 Å². The summed E-state index contributed by atoms with van der Waals surface area (Å²) in [4.78, 5) is 27.8. The van der Waals surface area contributed by atoms with Crippen LogP contribution in [0.1, 0.15) is 148 Å². The van der Waals surface area contributed by atoms with Crippen LogP contribution in [-0.4, -0.2) is 30.1 Å². The van der Waals surface area contributed by atoms with Gasteiger partial charge in [-0.15, -0.1) is 0 Å². The number of carbonyl (C=O) groups excluding carboxylic acids is 2. The Hall–Kier alpha value is -2.82. The molecule has 0 radical (unpaired) electrons. The highest BCUT2D eigenvalue weighted by molar-refractivity contribution is 6.10. The molecule has 1 aromatic rings. The smallest absolute Gasteiger partial charge is 0.311 e. The lowest BCUT2D eigenvalue weighted by Gasteiger charge is -2.69. The highest BCUT2D eigenvalue weighted by Gasteiger charge is 2.69. The summed E-state index contributed by atoms with van der Waals surface area (Å²) < 4.78 is 20.2. The van der Waals surface area contributed by atoms with Crippen molar-refractivity contribution in [1.29, 1.82) is 0 Å². The zero-order chi connectivity index (χ0) is 36.0. The first-order valence-electron chi connectivity index (χ1n) is 19.6. The number of benzene rings is 1. The summed E-state index contributed by atoms with van der Waals surface area (Å²) >= 11 is 0. The Labute approximate surface area is 300 Å². The number of esters is 1. The Bertz CT molecular complexity index is 1800. The summed E-state index contributed by atoms with van der Waals surface area (Å²) in [7, 11) is 1.53. The van der Waals surface area contributed by atoms with Gasteiger partial charge in [0.1, 0.15) is 0 Å². The van der Waals surface area contributed by atoms with Crippen LogP contribution in [-0.2, 0) is 14.9 Å². The van der Waals surface area contributed by atoms with E-state index in [1.807, 2.05) is 6.08 Å². The molecule has 0 saturated heterocycles. The number of methoxy groups -OCH3 is 1. The molecule has 5 heteroatoms. The van der Waals surface area contributed by atoms with Crippen molar-refractivity contribution in [2.45, 2.75) is 150 Å². The lowest BCUT2D eigenvalue weighted by atomic mass is 9.34. The molecule has 0 bridgehead atoms. The second kappa shape index (κ2) is 10.4. The second-order valence-corrected chi connectivity index (χ2v) is 19.5. The van der Waals surface area contributed by atoms with Crippen molar-refractivity contribution < 1.29 is 23.8 Å². The molecule has 6 aliphatic carbocycles. The minimum Gasteiger partial charge on any atom is -0.478 e. The first kappa shape index (κ1) is 34.3. The summed E-state index contributed by atoms with van der Waals surface area (Å²) in [6, 6.07) is 2.23. The average Bonchev–Trinajstić information content (AvgIpc) is 3.28. The fraction of sp³-hybridized carbons (Fsp3) is 0.689. The maximum absolute atomic E-state index is 14.6. The van der Waals surface area contributed by atoms with Gasteiger partial charge in [0, 0.05) is 35.3 Å². The zero-order valence-corrected chi connectivity index (χ0v) is 32.5. The van der Waals surface area contributed by atoms with Crippen molar-refractivity contribution in [3.05, 3.63) is 58.2 Å². The summed E-state index contributed by atoms with van der Waals surface area (Å²) in [5, 5.41) is 0. The molecule has 4 saturated carbocycles. The Morgan fingerprint density at radius 3 is 2.38 bits per heavy atom. The molecule has 1 heterocycles. The molecule has 0 N–H and O–H groups in total. The highest BCUT2D eigenvalue weighted by atomic mass is 16.6. The number of hydrogen-bond donors (Lipinski definition) is 0. The predicted octanol–water partition coefficient (Wildman–Crippen LogP) is 10.6. The maximum Gasteiger partial charge on any atom is 0.311 e. The summed E-state index contributed by atoms with van der Waals surface area (Å²) in [6.07, 6.45) is 15.1. The second-order valence-electron chi connectivity index (χ2n) is 19.5. The van der Waals surface area contributed by atoms with Crippen LogP contribution in [0.2, 0.25) is 0 Å². The van der Waals surface area contributed by atoms with Crippen LogP contribution >= 0.6 is 0 Å². The van der Waals surface area contributed by atoms with Crippen molar-refractivity contribution in [3.8, 4) is 11.5 Å². The van der Waals surface area contributed by atoms with Gasteiger partial charge in [0.15, 0.2) is 28.5 Å². The van der Waals surface area contributed by atoms with Gasteiger partial charge in [-0.3, -0.25) is 9.59 Å². The van der Waals surface area contributed by atoms with E-state index in [4.69, 9.17) is 14.2 Å². The van der Waals surface area contributed by atoms with Gasteiger partial charge in [0.05, 0.1) is 12.5 Å². The fourth-order valence-electron chi connectivity index (χ4n) is 13.4. The van der Waals surface area contributed by atoms with Gasteiger partial charge < -0.3 is 14.2 Å². The molecule has 3 unspecified atom stereocenters. The van der Waals surface area contributed by atoms with Crippen molar-refractivity contribution in [1.82, 2.24) is 0 Å². The van der Waals surface area contributed by atoms with Crippen molar-refractivity contribution >= 4 is 11.8 Å². The number of rotatable bonds is 2. The number of ether oxygens (including phenoxy) is 3. The monoisotopic (exact) mass is 680 g/mol. The number of fused-ring (bicyclic) bond motifs is 8. The Morgan fingerprint density at radius 2 is 1.68 bits per heavy atom. The molecule has 1 aliphatic heterocycles. The van der Waals surface area contributed by atoms with E-state index < -0.39 is 16.6 Å². The van der Waals surface area contributed by atoms with Gasteiger partial charge in [0.2, 0.25) is 0 Å². The first-order chi connectivity index (χ1) is 23.3. The Kier molecular flexibility index (Phi) is 7.13. The van der Waals surface area contributed by atoms with Gasteiger partial charge in [-0.25, -0.2) is 0 Å². The standard InChI is InChI=1S/C45H60O5/c1-26(2)30-13-12-27(3)44-15-14-28(4)45(44,24-30)49-33-22-31-36(29(5)37(33)50-44)32(46)23-34-41(31,8)19-21-43(10)35-25-40(7,38(47)48-11)17-16-39(35,6)18-20-42(34,43)9/h14,22-23,27,30,35H,1,12-13,15-21,24-25H2,2-11H3/t27?,30?,35?,39-,40-,41+,42-,43+,44+,45+/m1/s1. The number of hydrogen-bond acceptors (Lipinski definition) is 5. The quantitative estimate of drug-likeness (QED) is 0.230. The molecule has 50 heavy (non-hydrogen) atoms. The zero-order valence-electron chi connectivity index (χ0n) is 32.5. The number of allylic oxidation sites excluding steroid dienone is 3. The lowest BCUT2D eigenvalue weighted by Crippen LogP contribution is -2.64. The largest absolute Gasteiger partial charge is 0.478 e. The van der Waals surface area contributed by atoms with Crippen LogP contribution in [0.25, 0.3) is 0 Å². The van der Waals surface area contributed by atoms with Crippen molar-refractivity contribution in [2.75, 3.05) is 7.11 Å². The molecule has 0 amide bonds. The predicted molar refractivity (Wildman–Crippen MR) is 198 cm³/mol.